The number of nitro benzene ring substituents is 1. The molecule has 0 amide bonds. The Bertz CT molecular complexity index is 945. The Hall–Kier alpha value is -2.72. The van der Waals surface area contributed by atoms with E-state index in [-0.39, 0.29) is 16.3 Å². The third kappa shape index (κ3) is 3.75. The van der Waals surface area contributed by atoms with E-state index in [9.17, 15) is 18.5 Å². The van der Waals surface area contributed by atoms with Gasteiger partial charge in [-0.25, -0.2) is 8.42 Å². The molecule has 0 spiro atoms. The summed E-state index contributed by atoms with van der Waals surface area (Å²) < 4.78 is 31.8. The number of benzene rings is 1. The fourth-order valence-corrected chi connectivity index (χ4v) is 4.22. The predicted molar refractivity (Wildman–Crippen MR) is 95.8 cm³/mol. The van der Waals surface area contributed by atoms with E-state index in [1.54, 1.807) is 19.1 Å². The lowest BCUT2D eigenvalue weighted by molar-refractivity contribution is -0.384. The highest BCUT2D eigenvalue weighted by Crippen LogP contribution is 2.30. The van der Waals surface area contributed by atoms with Crippen molar-refractivity contribution in [2.24, 2.45) is 5.10 Å². The highest BCUT2D eigenvalue weighted by atomic mass is 32.2. The number of furan rings is 1. The summed E-state index contributed by atoms with van der Waals surface area (Å²) in [6, 6.07) is 7.21. The van der Waals surface area contributed by atoms with Crippen molar-refractivity contribution in [1.82, 2.24) is 4.31 Å². The Balaban J connectivity index is 1.85. The zero-order chi connectivity index (χ0) is 18.7. The number of nitrogens with zero attached hydrogens (tertiary/aromatic N) is 3. The lowest BCUT2D eigenvalue weighted by atomic mass is 10.3. The molecule has 1 aliphatic rings. The maximum atomic E-state index is 12.6. The second-order valence-electron chi connectivity index (χ2n) is 5.87. The fraction of sp³-hybridized carbons (Fsp3) is 0.312. The summed E-state index contributed by atoms with van der Waals surface area (Å²) in [7, 11) is -3.72. The molecule has 1 aliphatic heterocycles. The van der Waals surface area contributed by atoms with Gasteiger partial charge in [-0.05, 0) is 44.0 Å². The molecule has 2 aromatic rings. The summed E-state index contributed by atoms with van der Waals surface area (Å²) in [6.45, 7) is 2.65. The average Bonchev–Trinajstić information content (AvgIpc) is 3.27. The van der Waals surface area contributed by atoms with Gasteiger partial charge in [0.15, 0.2) is 0 Å². The minimum Gasteiger partial charge on any atom is -0.460 e. The topological polar surface area (TPSA) is 118 Å². The normalized spacial score (nSPS) is 15.6. The molecule has 26 heavy (non-hydrogen) atoms. The van der Waals surface area contributed by atoms with Crippen molar-refractivity contribution in [3.8, 4) is 0 Å². The van der Waals surface area contributed by atoms with Gasteiger partial charge in [0.05, 0.1) is 16.0 Å². The second-order valence-corrected chi connectivity index (χ2v) is 7.80. The summed E-state index contributed by atoms with van der Waals surface area (Å²) in [5.41, 5.74) is 2.29. The van der Waals surface area contributed by atoms with Gasteiger partial charge in [0, 0.05) is 19.2 Å². The largest absolute Gasteiger partial charge is 0.460 e. The summed E-state index contributed by atoms with van der Waals surface area (Å²) in [5, 5.41) is 15.2. The standard InChI is InChI=1S/C16H18N4O5S/c1-12-4-5-13(25-12)11-17-18-15-7-6-14(10-16(15)20(21)22)26(23,24)19-8-2-3-9-19/h4-7,10-11,18H,2-3,8-9H2,1H3/b17-11-. The monoisotopic (exact) mass is 378 g/mol. The van der Waals surface area contributed by atoms with Gasteiger partial charge in [-0.3, -0.25) is 15.5 Å². The Morgan fingerprint density at radius 2 is 2.00 bits per heavy atom. The van der Waals surface area contributed by atoms with E-state index in [0.29, 0.717) is 24.6 Å². The van der Waals surface area contributed by atoms with Crippen molar-refractivity contribution < 1.29 is 17.8 Å². The number of anilines is 1. The molecule has 0 saturated carbocycles. The molecular formula is C16H18N4O5S. The summed E-state index contributed by atoms with van der Waals surface area (Å²) in [4.78, 5) is 10.6. The van der Waals surface area contributed by atoms with Crippen LogP contribution in [0.2, 0.25) is 0 Å². The molecule has 1 N–H and O–H groups in total. The third-order valence-electron chi connectivity index (χ3n) is 4.01. The maximum Gasteiger partial charge on any atom is 0.295 e. The summed E-state index contributed by atoms with van der Waals surface area (Å²) >= 11 is 0. The van der Waals surface area contributed by atoms with Gasteiger partial charge in [-0.2, -0.15) is 9.41 Å². The van der Waals surface area contributed by atoms with Crippen molar-refractivity contribution in [2.45, 2.75) is 24.7 Å². The highest BCUT2D eigenvalue weighted by Gasteiger charge is 2.29. The van der Waals surface area contributed by atoms with Gasteiger partial charge < -0.3 is 4.42 Å². The third-order valence-corrected chi connectivity index (χ3v) is 5.90. The van der Waals surface area contributed by atoms with Gasteiger partial charge in [0.1, 0.15) is 17.2 Å². The Morgan fingerprint density at radius 1 is 1.27 bits per heavy atom. The van der Waals surface area contributed by atoms with Crippen LogP contribution in [-0.2, 0) is 10.0 Å². The Morgan fingerprint density at radius 3 is 2.62 bits per heavy atom. The minimum absolute atomic E-state index is 0.0925. The number of hydrogen-bond acceptors (Lipinski definition) is 7. The van der Waals surface area contributed by atoms with Crippen molar-refractivity contribution in [3.05, 3.63) is 52.0 Å². The molecular weight excluding hydrogens is 360 g/mol. The number of nitrogens with one attached hydrogen (secondary N) is 1. The van der Waals surface area contributed by atoms with E-state index in [1.165, 1.54) is 22.7 Å². The molecule has 0 unspecified atom stereocenters. The maximum absolute atomic E-state index is 12.6. The van der Waals surface area contributed by atoms with Crippen LogP contribution >= 0.6 is 0 Å². The van der Waals surface area contributed by atoms with E-state index in [0.717, 1.165) is 18.9 Å². The van der Waals surface area contributed by atoms with Crippen LogP contribution in [0.3, 0.4) is 0 Å². The molecule has 2 heterocycles. The molecule has 3 rings (SSSR count). The first-order valence-electron chi connectivity index (χ1n) is 8.02. The first kappa shape index (κ1) is 18.1. The van der Waals surface area contributed by atoms with Crippen LogP contribution in [0.1, 0.15) is 24.4 Å². The summed E-state index contributed by atoms with van der Waals surface area (Å²) in [5.74, 6) is 1.21. The number of nitro groups is 1. The highest BCUT2D eigenvalue weighted by molar-refractivity contribution is 7.89. The molecule has 1 saturated heterocycles. The van der Waals surface area contributed by atoms with E-state index in [1.807, 2.05) is 0 Å². The predicted octanol–water partition coefficient (Wildman–Crippen LogP) is 2.73. The van der Waals surface area contributed by atoms with Crippen LogP contribution < -0.4 is 5.43 Å². The van der Waals surface area contributed by atoms with Crippen molar-refractivity contribution >= 4 is 27.6 Å². The Labute approximate surface area is 150 Å². The molecule has 10 heteroatoms. The molecule has 0 bridgehead atoms. The Kier molecular flexibility index (Phi) is 5.05. The quantitative estimate of drug-likeness (QED) is 0.469. The molecule has 1 fully saturated rings. The summed E-state index contributed by atoms with van der Waals surface area (Å²) in [6.07, 6.45) is 2.97. The van der Waals surface area contributed by atoms with Crippen molar-refractivity contribution in [1.29, 1.82) is 0 Å². The van der Waals surface area contributed by atoms with E-state index < -0.39 is 14.9 Å². The SMILES string of the molecule is Cc1ccc(/C=N\Nc2ccc(S(=O)(=O)N3CCCC3)cc2[N+](=O)[O-])o1. The molecule has 1 aromatic carbocycles. The van der Waals surface area contributed by atoms with Gasteiger partial charge >= 0.3 is 0 Å². The van der Waals surface area contributed by atoms with Gasteiger partial charge in [-0.15, -0.1) is 0 Å². The van der Waals surface area contributed by atoms with E-state index >= 15 is 0 Å². The molecule has 1 aromatic heterocycles. The van der Waals surface area contributed by atoms with Gasteiger partial charge in [0.25, 0.3) is 5.69 Å². The van der Waals surface area contributed by atoms with Crippen LogP contribution in [0.15, 0.2) is 44.7 Å². The lowest BCUT2D eigenvalue weighted by Crippen LogP contribution is -2.27. The van der Waals surface area contributed by atoms with Crippen LogP contribution in [0.25, 0.3) is 0 Å². The second kappa shape index (κ2) is 7.26. The molecule has 138 valence electrons. The number of sulfonamides is 1. The van der Waals surface area contributed by atoms with E-state index in [4.69, 9.17) is 4.42 Å². The smallest absolute Gasteiger partial charge is 0.295 e. The van der Waals surface area contributed by atoms with Gasteiger partial charge in [0.2, 0.25) is 10.0 Å². The zero-order valence-electron chi connectivity index (χ0n) is 14.1. The average molecular weight is 378 g/mol. The van der Waals surface area contributed by atoms with Crippen LogP contribution in [-0.4, -0.2) is 37.0 Å². The molecule has 0 aliphatic carbocycles. The molecule has 0 atom stereocenters. The first-order valence-corrected chi connectivity index (χ1v) is 9.46. The van der Waals surface area contributed by atoms with Crippen molar-refractivity contribution in [3.63, 3.8) is 0 Å². The number of aryl methyl sites for hydroxylation is 1. The molecule has 0 radical (unpaired) electrons. The van der Waals surface area contributed by atoms with Crippen molar-refractivity contribution in [2.75, 3.05) is 18.5 Å². The van der Waals surface area contributed by atoms with Crippen LogP contribution in [0.5, 0.6) is 0 Å². The lowest BCUT2D eigenvalue weighted by Gasteiger charge is -2.15. The minimum atomic E-state index is -3.72. The van der Waals surface area contributed by atoms with Gasteiger partial charge in [-0.1, -0.05) is 0 Å². The fourth-order valence-electron chi connectivity index (χ4n) is 2.68. The van der Waals surface area contributed by atoms with Crippen LogP contribution in [0, 0.1) is 17.0 Å². The number of hydrazone groups is 1. The number of hydrogen-bond donors (Lipinski definition) is 1. The first-order chi connectivity index (χ1) is 12.4. The van der Waals surface area contributed by atoms with E-state index in [2.05, 4.69) is 10.5 Å². The van der Waals surface area contributed by atoms with Crippen LogP contribution in [0.4, 0.5) is 11.4 Å². The number of rotatable bonds is 6. The molecule has 9 nitrogen and oxygen atoms in total. The zero-order valence-corrected chi connectivity index (χ0v) is 14.9.